The second kappa shape index (κ2) is 3.55. The molecule has 1 amide bonds. The average Bonchev–Trinajstić information content (AvgIpc) is 2.49. The fourth-order valence-corrected chi connectivity index (χ4v) is 2.67. The van der Waals surface area contributed by atoms with Gasteiger partial charge in [-0.15, -0.1) is 0 Å². The average molecular weight is 231 g/mol. The molecule has 2 aliphatic rings. The Hall–Kier alpha value is -1.91. The van der Waals surface area contributed by atoms with Crippen LogP contribution >= 0.6 is 0 Å². The highest BCUT2D eigenvalue weighted by Gasteiger charge is 2.30. The number of H-pyrrole nitrogens is 1. The molecule has 0 fully saturated rings. The molecule has 1 aromatic rings. The van der Waals surface area contributed by atoms with Gasteiger partial charge in [-0.25, -0.2) is 0 Å². The first-order valence-corrected chi connectivity index (χ1v) is 5.85. The van der Waals surface area contributed by atoms with Crippen LogP contribution in [0.2, 0.25) is 0 Å². The Labute approximate surface area is 97.8 Å². The number of aliphatic imine (C=N–C) groups is 1. The van der Waals surface area contributed by atoms with E-state index >= 15 is 0 Å². The molecule has 0 unspecified atom stereocenters. The van der Waals surface area contributed by atoms with Crippen LogP contribution in [-0.2, 0) is 12.8 Å². The lowest BCUT2D eigenvalue weighted by Gasteiger charge is -2.10. The van der Waals surface area contributed by atoms with Gasteiger partial charge in [-0.1, -0.05) is 6.42 Å². The van der Waals surface area contributed by atoms with Crippen LogP contribution in [0.15, 0.2) is 9.79 Å². The number of aromatic amines is 1. The van der Waals surface area contributed by atoms with E-state index in [1.807, 2.05) is 0 Å². The molecule has 88 valence electrons. The van der Waals surface area contributed by atoms with Crippen molar-refractivity contribution in [2.45, 2.75) is 32.1 Å². The fraction of sp³-hybridized carbons (Fsp3) is 0.417. The summed E-state index contributed by atoms with van der Waals surface area (Å²) >= 11 is 0. The number of aromatic nitrogens is 1. The van der Waals surface area contributed by atoms with Crippen molar-refractivity contribution in [3.8, 4) is 0 Å². The number of nitrogens with one attached hydrogen (secondary N) is 1. The molecule has 5 nitrogen and oxygen atoms in total. The summed E-state index contributed by atoms with van der Waals surface area (Å²) in [6.07, 6.45) is 4.97. The molecular formula is C12H13N3O2. The maximum absolute atomic E-state index is 11.8. The Balaban J connectivity index is 2.32. The fourth-order valence-electron chi connectivity index (χ4n) is 2.67. The second-order valence-electron chi connectivity index (χ2n) is 4.52. The minimum Gasteiger partial charge on any atom is -0.383 e. The largest absolute Gasteiger partial charge is 0.383 e. The summed E-state index contributed by atoms with van der Waals surface area (Å²) in [4.78, 5) is 29.9. The van der Waals surface area contributed by atoms with E-state index in [0.29, 0.717) is 5.56 Å². The zero-order valence-corrected chi connectivity index (χ0v) is 9.38. The summed E-state index contributed by atoms with van der Waals surface area (Å²) in [6.45, 7) is 0. The van der Waals surface area contributed by atoms with Crippen molar-refractivity contribution in [1.82, 2.24) is 4.98 Å². The third-order valence-electron chi connectivity index (χ3n) is 3.45. The molecule has 2 heterocycles. The molecule has 1 aromatic heterocycles. The molecular weight excluding hydrogens is 218 g/mol. The molecule has 0 atom stereocenters. The van der Waals surface area contributed by atoms with Gasteiger partial charge in [-0.3, -0.25) is 9.59 Å². The van der Waals surface area contributed by atoms with Crippen molar-refractivity contribution in [3.63, 3.8) is 0 Å². The van der Waals surface area contributed by atoms with Gasteiger partial charge in [-0.2, -0.15) is 4.99 Å². The minimum absolute atomic E-state index is 0.128. The van der Waals surface area contributed by atoms with Crippen LogP contribution < -0.4 is 11.3 Å². The Morgan fingerprint density at radius 2 is 1.82 bits per heavy atom. The molecule has 3 N–H and O–H groups in total. The molecule has 0 saturated carbocycles. The Bertz CT molecular complexity index is 599. The van der Waals surface area contributed by atoms with Crippen LogP contribution in [0.25, 0.3) is 0 Å². The zero-order chi connectivity index (χ0) is 12.0. The summed E-state index contributed by atoms with van der Waals surface area (Å²) in [5.41, 5.74) is 8.07. The van der Waals surface area contributed by atoms with Crippen molar-refractivity contribution < 1.29 is 4.79 Å². The summed E-state index contributed by atoms with van der Waals surface area (Å²) in [5.74, 6) is -0.306. The normalized spacial score (nSPS) is 18.4. The quantitative estimate of drug-likeness (QED) is 0.637. The second-order valence-corrected chi connectivity index (χ2v) is 4.52. The Kier molecular flexibility index (Phi) is 2.14. The molecule has 3 rings (SSSR count). The zero-order valence-electron chi connectivity index (χ0n) is 9.38. The number of hydrogen-bond acceptors (Lipinski definition) is 3. The van der Waals surface area contributed by atoms with E-state index in [-0.39, 0.29) is 17.0 Å². The lowest BCUT2D eigenvalue weighted by Crippen LogP contribution is -2.24. The topological polar surface area (TPSA) is 88.3 Å². The van der Waals surface area contributed by atoms with Crippen LogP contribution in [0.1, 0.15) is 46.4 Å². The predicted octanol–water partition coefficient (Wildman–Crippen LogP) is 0.503. The van der Waals surface area contributed by atoms with E-state index in [2.05, 4.69) is 9.98 Å². The van der Waals surface area contributed by atoms with Crippen LogP contribution in [0, 0.1) is 0 Å². The van der Waals surface area contributed by atoms with E-state index in [1.54, 1.807) is 0 Å². The van der Waals surface area contributed by atoms with Gasteiger partial charge in [0.25, 0.3) is 11.5 Å². The predicted molar refractivity (Wildman–Crippen MR) is 63.4 cm³/mol. The Morgan fingerprint density at radius 3 is 2.65 bits per heavy atom. The number of pyridine rings is 1. The van der Waals surface area contributed by atoms with Gasteiger partial charge in [0, 0.05) is 11.3 Å². The number of aryl methyl sites for hydroxylation is 1. The molecule has 1 aliphatic carbocycles. The van der Waals surface area contributed by atoms with E-state index in [9.17, 15) is 9.59 Å². The van der Waals surface area contributed by atoms with Gasteiger partial charge >= 0.3 is 0 Å². The van der Waals surface area contributed by atoms with Gasteiger partial charge in [0.2, 0.25) is 0 Å². The number of carbonyl (C=O) groups excluding carboxylic acids is 1. The van der Waals surface area contributed by atoms with Crippen molar-refractivity contribution in [1.29, 1.82) is 0 Å². The van der Waals surface area contributed by atoms with Crippen molar-refractivity contribution in [2.75, 3.05) is 0 Å². The number of amidine groups is 1. The van der Waals surface area contributed by atoms with Crippen LogP contribution in [0.3, 0.4) is 0 Å². The van der Waals surface area contributed by atoms with Crippen molar-refractivity contribution in [3.05, 3.63) is 32.7 Å². The number of hydrogen-bond donors (Lipinski definition) is 2. The van der Waals surface area contributed by atoms with Crippen molar-refractivity contribution >= 4 is 11.7 Å². The van der Waals surface area contributed by atoms with Gasteiger partial charge in [-0.05, 0) is 31.2 Å². The van der Waals surface area contributed by atoms with E-state index in [0.717, 1.165) is 43.4 Å². The first-order chi connectivity index (χ1) is 8.18. The van der Waals surface area contributed by atoms with Gasteiger partial charge in [0.05, 0.1) is 0 Å². The van der Waals surface area contributed by atoms with Gasteiger partial charge in [0.15, 0.2) is 0 Å². The maximum atomic E-state index is 11.8. The third-order valence-corrected chi connectivity index (χ3v) is 3.45. The van der Waals surface area contributed by atoms with Gasteiger partial charge < -0.3 is 10.7 Å². The third kappa shape index (κ3) is 1.42. The number of nitrogens with zero attached hydrogens (tertiary/aromatic N) is 1. The highest BCUT2D eigenvalue weighted by molar-refractivity contribution is 6.20. The monoisotopic (exact) mass is 231 g/mol. The molecule has 0 saturated heterocycles. The standard InChI is InChI=1S/C12H13N3O2/c13-10-8-6-4-2-1-3-5-7(6)14-11(16)9(8)12(17)15-10/h1-5H2,(H,14,16)(H2,13,15,17). The minimum atomic E-state index is -0.509. The number of rotatable bonds is 0. The number of nitrogens with two attached hydrogens (primary N) is 1. The van der Waals surface area contributed by atoms with Crippen LogP contribution in [0.5, 0.6) is 0 Å². The lowest BCUT2D eigenvalue weighted by atomic mass is 9.98. The molecule has 5 heteroatoms. The van der Waals surface area contributed by atoms with E-state index < -0.39 is 5.91 Å². The number of amides is 1. The van der Waals surface area contributed by atoms with E-state index in [4.69, 9.17) is 5.73 Å². The molecule has 0 radical (unpaired) electrons. The lowest BCUT2D eigenvalue weighted by molar-refractivity contribution is 0.100. The summed E-state index contributed by atoms with van der Waals surface area (Å²) < 4.78 is 0. The summed E-state index contributed by atoms with van der Waals surface area (Å²) in [5, 5.41) is 0. The Morgan fingerprint density at radius 1 is 1.06 bits per heavy atom. The number of fused-ring (bicyclic) bond motifs is 3. The molecule has 17 heavy (non-hydrogen) atoms. The summed E-state index contributed by atoms with van der Waals surface area (Å²) in [6, 6.07) is 0. The maximum Gasteiger partial charge on any atom is 0.285 e. The SMILES string of the molecule is NC1=NC(=O)c2c1c1c([nH]c2=O)CCCCC1. The first kappa shape index (κ1) is 10.3. The molecule has 0 bridgehead atoms. The molecule has 1 aliphatic heterocycles. The number of carbonyl (C=O) groups is 1. The smallest absolute Gasteiger partial charge is 0.285 e. The highest BCUT2D eigenvalue weighted by Crippen LogP contribution is 2.25. The summed E-state index contributed by atoms with van der Waals surface area (Å²) in [7, 11) is 0. The van der Waals surface area contributed by atoms with Crippen LogP contribution in [0.4, 0.5) is 0 Å². The van der Waals surface area contributed by atoms with E-state index in [1.165, 1.54) is 0 Å². The van der Waals surface area contributed by atoms with Gasteiger partial charge in [0.1, 0.15) is 11.4 Å². The molecule has 0 aromatic carbocycles. The van der Waals surface area contributed by atoms with Crippen molar-refractivity contribution in [2.24, 2.45) is 10.7 Å². The highest BCUT2D eigenvalue weighted by atomic mass is 16.2. The first-order valence-electron chi connectivity index (χ1n) is 5.85. The molecule has 0 spiro atoms. The van der Waals surface area contributed by atoms with Crippen LogP contribution in [-0.4, -0.2) is 16.7 Å².